The highest BCUT2D eigenvalue weighted by molar-refractivity contribution is 7.12. The van der Waals surface area contributed by atoms with Gasteiger partial charge in [-0.15, -0.1) is 11.3 Å². The topological polar surface area (TPSA) is 66.4 Å². The van der Waals surface area contributed by atoms with Crippen LogP contribution in [0.2, 0.25) is 5.02 Å². The standard InChI is InChI=1S/C11H12ClNO3S/c1-11(10(15)16,6-2-3-6)13-9(14)8-7(12)4-5-17-8/h4-6H,2-3H2,1H3,(H,13,14)(H,15,16). The smallest absolute Gasteiger partial charge is 0.329 e. The number of amides is 1. The van der Waals surface area contributed by atoms with E-state index in [1.54, 1.807) is 18.4 Å². The van der Waals surface area contributed by atoms with Gasteiger partial charge in [0.15, 0.2) is 0 Å². The van der Waals surface area contributed by atoms with Crippen LogP contribution in [0.15, 0.2) is 11.4 Å². The van der Waals surface area contributed by atoms with Gasteiger partial charge in [0.05, 0.1) is 5.02 Å². The number of halogens is 1. The van der Waals surface area contributed by atoms with Gasteiger partial charge in [-0.25, -0.2) is 4.79 Å². The Bertz CT molecular complexity index is 469. The van der Waals surface area contributed by atoms with E-state index >= 15 is 0 Å². The number of rotatable bonds is 4. The van der Waals surface area contributed by atoms with Gasteiger partial charge in [0.25, 0.3) is 5.91 Å². The molecule has 4 nitrogen and oxygen atoms in total. The number of carbonyl (C=O) groups is 2. The quantitative estimate of drug-likeness (QED) is 0.885. The van der Waals surface area contributed by atoms with Crippen LogP contribution in [-0.2, 0) is 4.79 Å². The van der Waals surface area contributed by atoms with Crippen molar-refractivity contribution in [1.29, 1.82) is 0 Å². The number of carboxylic acid groups (broad SMARTS) is 1. The number of aliphatic carboxylic acids is 1. The first kappa shape index (κ1) is 12.4. The third-order valence-corrected chi connectivity index (χ3v) is 4.37. The highest BCUT2D eigenvalue weighted by atomic mass is 35.5. The normalized spacial score (nSPS) is 18.5. The van der Waals surface area contributed by atoms with Crippen molar-refractivity contribution in [1.82, 2.24) is 5.32 Å². The Morgan fingerprint density at radius 3 is 2.65 bits per heavy atom. The summed E-state index contributed by atoms with van der Waals surface area (Å²) in [5, 5.41) is 13.9. The molecule has 1 saturated carbocycles. The van der Waals surface area contributed by atoms with Crippen LogP contribution in [0, 0.1) is 5.92 Å². The minimum absolute atomic E-state index is 0.0164. The van der Waals surface area contributed by atoms with Crippen molar-refractivity contribution in [2.75, 3.05) is 0 Å². The molecule has 6 heteroatoms. The number of nitrogens with one attached hydrogen (secondary N) is 1. The van der Waals surface area contributed by atoms with Gasteiger partial charge in [0.2, 0.25) is 0 Å². The van der Waals surface area contributed by atoms with Crippen molar-refractivity contribution in [3.8, 4) is 0 Å². The molecular weight excluding hydrogens is 262 g/mol. The van der Waals surface area contributed by atoms with E-state index in [0.717, 1.165) is 12.8 Å². The van der Waals surface area contributed by atoms with Crippen LogP contribution in [0.5, 0.6) is 0 Å². The van der Waals surface area contributed by atoms with Crippen molar-refractivity contribution in [3.05, 3.63) is 21.3 Å². The zero-order valence-corrected chi connectivity index (χ0v) is 10.8. The molecule has 1 aliphatic carbocycles. The lowest BCUT2D eigenvalue weighted by Crippen LogP contribution is -2.53. The third-order valence-electron chi connectivity index (χ3n) is 3.03. The lowest BCUT2D eigenvalue weighted by molar-refractivity contribution is -0.144. The monoisotopic (exact) mass is 273 g/mol. The molecule has 1 atom stereocenters. The fourth-order valence-electron chi connectivity index (χ4n) is 1.74. The summed E-state index contributed by atoms with van der Waals surface area (Å²) in [4.78, 5) is 23.5. The molecule has 1 heterocycles. The number of carboxylic acids is 1. The minimum atomic E-state index is -1.19. The molecule has 92 valence electrons. The van der Waals surface area contributed by atoms with Crippen molar-refractivity contribution in [3.63, 3.8) is 0 Å². The predicted octanol–water partition coefficient (Wildman–Crippen LogP) is 2.38. The van der Waals surface area contributed by atoms with Crippen LogP contribution in [0.1, 0.15) is 29.4 Å². The lowest BCUT2D eigenvalue weighted by atomic mass is 9.96. The summed E-state index contributed by atoms with van der Waals surface area (Å²) < 4.78 is 0. The molecule has 0 aliphatic heterocycles. The average molecular weight is 274 g/mol. The van der Waals surface area contributed by atoms with Gasteiger partial charge >= 0.3 is 5.97 Å². The van der Waals surface area contributed by atoms with E-state index in [-0.39, 0.29) is 5.92 Å². The molecule has 0 saturated heterocycles. The fourth-order valence-corrected chi connectivity index (χ4v) is 2.78. The second-order valence-corrected chi connectivity index (χ2v) is 5.66. The van der Waals surface area contributed by atoms with Gasteiger partial charge in [-0.3, -0.25) is 4.79 Å². The number of carbonyl (C=O) groups excluding carboxylic acids is 1. The molecular formula is C11H12ClNO3S. The van der Waals surface area contributed by atoms with Gasteiger partial charge in [0.1, 0.15) is 10.4 Å². The molecule has 1 amide bonds. The highest BCUT2D eigenvalue weighted by Gasteiger charge is 2.48. The lowest BCUT2D eigenvalue weighted by Gasteiger charge is -2.25. The van der Waals surface area contributed by atoms with Crippen molar-refractivity contribution in [2.45, 2.75) is 25.3 Å². The first-order valence-corrected chi connectivity index (χ1v) is 6.50. The minimum Gasteiger partial charge on any atom is -0.480 e. The Kier molecular flexibility index (Phi) is 3.14. The van der Waals surface area contributed by atoms with Crippen LogP contribution in [-0.4, -0.2) is 22.5 Å². The Hall–Kier alpha value is -1.07. The average Bonchev–Trinajstić information content (AvgIpc) is 3.01. The maximum Gasteiger partial charge on any atom is 0.329 e. The molecule has 1 aromatic rings. The molecule has 1 aliphatic rings. The Labute approximate surface area is 108 Å². The molecule has 1 fully saturated rings. The third kappa shape index (κ3) is 2.30. The molecule has 0 radical (unpaired) electrons. The maximum atomic E-state index is 11.9. The van der Waals surface area contributed by atoms with E-state index in [1.807, 2.05) is 0 Å². The van der Waals surface area contributed by atoms with E-state index in [0.29, 0.717) is 9.90 Å². The van der Waals surface area contributed by atoms with E-state index in [4.69, 9.17) is 11.6 Å². The summed E-state index contributed by atoms with van der Waals surface area (Å²) >= 11 is 7.05. The summed E-state index contributed by atoms with van der Waals surface area (Å²) in [7, 11) is 0. The second kappa shape index (κ2) is 4.31. The van der Waals surface area contributed by atoms with Gasteiger partial charge in [-0.2, -0.15) is 0 Å². The van der Waals surface area contributed by atoms with E-state index < -0.39 is 17.4 Å². The molecule has 0 spiro atoms. The van der Waals surface area contributed by atoms with E-state index in [9.17, 15) is 14.7 Å². The van der Waals surface area contributed by atoms with E-state index in [1.165, 1.54) is 11.3 Å². The molecule has 0 bridgehead atoms. The first-order chi connectivity index (χ1) is 7.95. The highest BCUT2D eigenvalue weighted by Crippen LogP contribution is 2.40. The number of hydrogen-bond donors (Lipinski definition) is 2. The van der Waals surface area contributed by atoms with E-state index in [2.05, 4.69) is 5.32 Å². The summed E-state index contributed by atoms with van der Waals surface area (Å²) in [5.41, 5.74) is -1.19. The predicted molar refractivity (Wildman–Crippen MR) is 65.6 cm³/mol. The Balaban J connectivity index is 2.17. The summed E-state index contributed by atoms with van der Waals surface area (Å²) in [5.74, 6) is -1.40. The zero-order chi connectivity index (χ0) is 12.6. The SMILES string of the molecule is CC(NC(=O)c1sccc1Cl)(C(=O)O)C1CC1. The van der Waals surface area contributed by atoms with Gasteiger partial charge < -0.3 is 10.4 Å². The summed E-state index contributed by atoms with van der Waals surface area (Å²) in [6.07, 6.45) is 1.67. The summed E-state index contributed by atoms with van der Waals surface area (Å²) in [6.45, 7) is 1.55. The molecule has 17 heavy (non-hydrogen) atoms. The van der Waals surface area contributed by atoms with Crippen molar-refractivity contribution < 1.29 is 14.7 Å². The molecule has 2 N–H and O–H groups in total. The van der Waals surface area contributed by atoms with Crippen LogP contribution in [0.3, 0.4) is 0 Å². The molecule has 1 unspecified atom stereocenters. The van der Waals surface area contributed by atoms with Gasteiger partial charge in [0, 0.05) is 0 Å². The maximum absolute atomic E-state index is 11.9. The van der Waals surface area contributed by atoms with Crippen LogP contribution in [0.4, 0.5) is 0 Å². The molecule has 0 aromatic carbocycles. The summed E-state index contributed by atoms with van der Waals surface area (Å²) in [6, 6.07) is 1.62. The van der Waals surface area contributed by atoms with Crippen LogP contribution < -0.4 is 5.32 Å². The van der Waals surface area contributed by atoms with Gasteiger partial charge in [-0.05, 0) is 37.1 Å². The first-order valence-electron chi connectivity index (χ1n) is 5.24. The van der Waals surface area contributed by atoms with Crippen molar-refractivity contribution in [2.24, 2.45) is 5.92 Å². The van der Waals surface area contributed by atoms with Crippen LogP contribution >= 0.6 is 22.9 Å². The van der Waals surface area contributed by atoms with Crippen LogP contribution in [0.25, 0.3) is 0 Å². The molecule has 2 rings (SSSR count). The van der Waals surface area contributed by atoms with Gasteiger partial charge in [-0.1, -0.05) is 11.6 Å². The second-order valence-electron chi connectivity index (χ2n) is 4.33. The number of thiophene rings is 1. The Morgan fingerprint density at radius 1 is 1.59 bits per heavy atom. The number of hydrogen-bond acceptors (Lipinski definition) is 3. The van der Waals surface area contributed by atoms with Crippen molar-refractivity contribution >= 4 is 34.8 Å². The fraction of sp³-hybridized carbons (Fsp3) is 0.455. The Morgan fingerprint density at radius 2 is 2.24 bits per heavy atom. The molecule has 1 aromatic heterocycles. The zero-order valence-electron chi connectivity index (χ0n) is 9.20. The largest absolute Gasteiger partial charge is 0.480 e.